The highest BCUT2D eigenvalue weighted by Crippen LogP contribution is 2.19. The van der Waals surface area contributed by atoms with Gasteiger partial charge in [-0.25, -0.2) is 4.79 Å². The number of allylic oxidation sites excluding steroid dienone is 1. The minimum absolute atomic E-state index is 0.358. The molecule has 0 aromatic heterocycles. The first-order chi connectivity index (χ1) is 10.1. The van der Waals surface area contributed by atoms with E-state index in [9.17, 15) is 9.59 Å². The van der Waals surface area contributed by atoms with Crippen LogP contribution in [0.3, 0.4) is 0 Å². The Labute approximate surface area is 123 Å². The molecule has 0 heterocycles. The monoisotopic (exact) mass is 283 g/mol. The number of carbonyl (C=O) groups is 2. The third-order valence-electron chi connectivity index (χ3n) is 2.98. The first-order valence-electron chi connectivity index (χ1n) is 6.73. The van der Waals surface area contributed by atoms with Gasteiger partial charge in [0.25, 0.3) is 5.91 Å². The van der Waals surface area contributed by atoms with Crippen molar-refractivity contribution in [2.75, 3.05) is 5.32 Å². The molecule has 1 N–H and O–H groups in total. The molecule has 0 saturated heterocycles. The summed E-state index contributed by atoms with van der Waals surface area (Å²) in [4.78, 5) is 23.3. The first kappa shape index (κ1) is 14.8. The Morgan fingerprint density at radius 1 is 1.14 bits per heavy atom. The number of nitrogens with one attached hydrogen (secondary N) is 1. The fraction of sp³-hybridized carbons (Fsp3) is 0.176. The molecule has 108 valence electrons. The third-order valence-corrected chi connectivity index (χ3v) is 2.98. The van der Waals surface area contributed by atoms with Crippen molar-refractivity contribution in [1.82, 2.24) is 0 Å². The van der Waals surface area contributed by atoms with Crippen molar-refractivity contribution in [3.63, 3.8) is 0 Å². The Balaban J connectivity index is 2.05. The van der Waals surface area contributed by atoms with Crippen molar-refractivity contribution in [3.05, 3.63) is 54.6 Å². The first-order valence-corrected chi connectivity index (χ1v) is 6.73. The molecule has 0 radical (unpaired) electrons. The molecule has 0 aliphatic heterocycles. The van der Waals surface area contributed by atoms with Gasteiger partial charge < -0.3 is 10.1 Å². The number of amides is 1. The van der Waals surface area contributed by atoms with Gasteiger partial charge in [0.1, 0.15) is 0 Å². The molecule has 0 aliphatic rings. The molecule has 0 fully saturated rings. The Morgan fingerprint density at radius 3 is 2.57 bits per heavy atom. The summed E-state index contributed by atoms with van der Waals surface area (Å²) in [6.45, 7) is 3.25. The van der Waals surface area contributed by atoms with Gasteiger partial charge in [-0.3, -0.25) is 4.79 Å². The highest BCUT2D eigenvalue weighted by molar-refractivity contribution is 5.98. The molecule has 1 unspecified atom stereocenters. The van der Waals surface area contributed by atoms with Crippen LogP contribution in [0.2, 0.25) is 0 Å². The number of esters is 1. The maximum absolute atomic E-state index is 12.0. The van der Waals surface area contributed by atoms with Crippen molar-refractivity contribution in [2.45, 2.75) is 20.0 Å². The Hall–Kier alpha value is -2.62. The van der Waals surface area contributed by atoms with Gasteiger partial charge in [0, 0.05) is 11.8 Å². The van der Waals surface area contributed by atoms with Crippen LogP contribution in [0.5, 0.6) is 0 Å². The molecule has 2 rings (SSSR count). The van der Waals surface area contributed by atoms with E-state index in [2.05, 4.69) is 5.32 Å². The van der Waals surface area contributed by atoms with Gasteiger partial charge in [0.05, 0.1) is 0 Å². The second kappa shape index (κ2) is 6.70. The molecule has 0 aliphatic carbocycles. The van der Waals surface area contributed by atoms with E-state index in [1.807, 2.05) is 42.5 Å². The number of fused-ring (bicyclic) bond motifs is 1. The number of rotatable bonds is 4. The molecular formula is C17H17NO3. The van der Waals surface area contributed by atoms with Crippen LogP contribution in [-0.4, -0.2) is 18.0 Å². The summed E-state index contributed by atoms with van der Waals surface area (Å²) in [5.41, 5.74) is 0.674. The van der Waals surface area contributed by atoms with Gasteiger partial charge in [0.15, 0.2) is 6.10 Å². The van der Waals surface area contributed by atoms with E-state index in [0.29, 0.717) is 5.69 Å². The van der Waals surface area contributed by atoms with Gasteiger partial charge in [-0.2, -0.15) is 0 Å². The van der Waals surface area contributed by atoms with Crippen LogP contribution in [0.25, 0.3) is 10.8 Å². The average Bonchev–Trinajstić information content (AvgIpc) is 2.47. The zero-order chi connectivity index (χ0) is 15.2. The average molecular weight is 283 g/mol. The van der Waals surface area contributed by atoms with E-state index in [-0.39, 0.29) is 5.91 Å². The lowest BCUT2D eigenvalue weighted by Crippen LogP contribution is -2.29. The van der Waals surface area contributed by atoms with Crippen LogP contribution in [-0.2, 0) is 14.3 Å². The van der Waals surface area contributed by atoms with E-state index in [4.69, 9.17) is 4.74 Å². The Kier molecular flexibility index (Phi) is 4.72. The molecular weight excluding hydrogens is 266 g/mol. The summed E-state index contributed by atoms with van der Waals surface area (Å²) >= 11 is 0. The number of benzene rings is 2. The number of carbonyl (C=O) groups excluding carboxylic acids is 2. The highest BCUT2D eigenvalue weighted by atomic mass is 16.5. The maximum atomic E-state index is 12.0. The smallest absolute Gasteiger partial charge is 0.331 e. The SMILES string of the molecule is CC=CC(=O)OC(C)C(=O)Nc1ccc2ccccc2c1. The number of anilines is 1. The van der Waals surface area contributed by atoms with Crippen molar-refractivity contribution in [2.24, 2.45) is 0 Å². The lowest BCUT2D eigenvalue weighted by Gasteiger charge is -2.12. The molecule has 2 aromatic carbocycles. The molecule has 0 spiro atoms. The van der Waals surface area contributed by atoms with Crippen molar-refractivity contribution < 1.29 is 14.3 Å². The molecule has 0 saturated carbocycles. The molecule has 0 bridgehead atoms. The van der Waals surface area contributed by atoms with Crippen molar-refractivity contribution >= 4 is 28.3 Å². The predicted octanol–water partition coefficient (Wildman–Crippen LogP) is 3.29. The fourth-order valence-corrected chi connectivity index (χ4v) is 1.91. The lowest BCUT2D eigenvalue weighted by molar-refractivity contribution is -0.148. The Morgan fingerprint density at radius 2 is 1.86 bits per heavy atom. The molecule has 4 nitrogen and oxygen atoms in total. The summed E-state index contributed by atoms with van der Waals surface area (Å²) in [5, 5.41) is 4.88. The second-order valence-corrected chi connectivity index (χ2v) is 4.63. The van der Waals surface area contributed by atoms with Crippen molar-refractivity contribution in [1.29, 1.82) is 0 Å². The number of hydrogen-bond donors (Lipinski definition) is 1. The van der Waals surface area contributed by atoms with E-state index < -0.39 is 12.1 Å². The van der Waals surface area contributed by atoms with Crippen LogP contribution in [0.1, 0.15) is 13.8 Å². The molecule has 1 atom stereocenters. The van der Waals surface area contributed by atoms with Crippen LogP contribution < -0.4 is 5.32 Å². The zero-order valence-corrected chi connectivity index (χ0v) is 12.0. The summed E-state index contributed by atoms with van der Waals surface area (Å²) in [6, 6.07) is 13.5. The third kappa shape index (κ3) is 3.92. The standard InChI is InChI=1S/C17H17NO3/c1-3-6-16(19)21-12(2)17(20)18-15-10-9-13-7-4-5-8-14(13)11-15/h3-12H,1-2H3,(H,18,20). The minimum Gasteiger partial charge on any atom is -0.449 e. The highest BCUT2D eigenvalue weighted by Gasteiger charge is 2.16. The largest absolute Gasteiger partial charge is 0.449 e. The van der Waals surface area contributed by atoms with Gasteiger partial charge in [-0.15, -0.1) is 0 Å². The van der Waals surface area contributed by atoms with E-state index in [1.165, 1.54) is 13.0 Å². The van der Waals surface area contributed by atoms with E-state index >= 15 is 0 Å². The van der Waals surface area contributed by atoms with Gasteiger partial charge >= 0.3 is 5.97 Å². The molecule has 21 heavy (non-hydrogen) atoms. The van der Waals surface area contributed by atoms with Gasteiger partial charge in [-0.05, 0) is 36.8 Å². The summed E-state index contributed by atoms with van der Waals surface area (Å²) < 4.78 is 4.97. The lowest BCUT2D eigenvalue weighted by atomic mass is 10.1. The summed E-state index contributed by atoms with van der Waals surface area (Å²) in [6.07, 6.45) is 2.00. The minimum atomic E-state index is -0.847. The van der Waals surface area contributed by atoms with Gasteiger partial charge in [0.2, 0.25) is 0 Å². The Bertz CT molecular complexity index is 691. The van der Waals surface area contributed by atoms with Crippen LogP contribution >= 0.6 is 0 Å². The maximum Gasteiger partial charge on any atom is 0.331 e. The van der Waals surface area contributed by atoms with Crippen molar-refractivity contribution in [3.8, 4) is 0 Å². The quantitative estimate of drug-likeness (QED) is 0.692. The molecule has 2 aromatic rings. The van der Waals surface area contributed by atoms with Crippen LogP contribution in [0.15, 0.2) is 54.6 Å². The van der Waals surface area contributed by atoms with E-state index in [1.54, 1.807) is 13.0 Å². The topological polar surface area (TPSA) is 55.4 Å². The zero-order valence-electron chi connectivity index (χ0n) is 12.0. The second-order valence-electron chi connectivity index (χ2n) is 4.63. The van der Waals surface area contributed by atoms with E-state index in [0.717, 1.165) is 10.8 Å². The normalized spacial score (nSPS) is 12.3. The number of hydrogen-bond acceptors (Lipinski definition) is 3. The molecule has 4 heteroatoms. The van der Waals surface area contributed by atoms with Crippen LogP contribution in [0.4, 0.5) is 5.69 Å². The van der Waals surface area contributed by atoms with Gasteiger partial charge in [-0.1, -0.05) is 36.4 Å². The summed E-state index contributed by atoms with van der Waals surface area (Å²) in [5.74, 6) is -0.887. The van der Waals surface area contributed by atoms with Crippen LogP contribution in [0, 0.1) is 0 Å². The number of ether oxygens (including phenoxy) is 1. The molecule has 1 amide bonds. The fourth-order valence-electron chi connectivity index (χ4n) is 1.91. The summed E-state index contributed by atoms with van der Waals surface area (Å²) in [7, 11) is 0. The predicted molar refractivity (Wildman–Crippen MR) is 82.9 cm³/mol.